The Hall–Kier alpha value is -0.490. The summed E-state index contributed by atoms with van der Waals surface area (Å²) < 4.78 is 1.11. The summed E-state index contributed by atoms with van der Waals surface area (Å²) >= 11 is 3.44. The van der Waals surface area contributed by atoms with Crippen LogP contribution < -0.4 is 11.1 Å². The maximum Gasteiger partial charge on any atom is 0.188 e. The molecule has 0 radical (unpaired) electrons. The van der Waals surface area contributed by atoms with E-state index in [1.54, 1.807) is 0 Å². The van der Waals surface area contributed by atoms with Crippen LogP contribution in [0.1, 0.15) is 24.8 Å². The highest BCUT2D eigenvalue weighted by molar-refractivity contribution is 9.10. The summed E-state index contributed by atoms with van der Waals surface area (Å²) in [5.74, 6) is 0.563. The molecule has 0 bridgehead atoms. The first-order valence-corrected chi connectivity index (χ1v) is 8.54. The highest BCUT2D eigenvalue weighted by Gasteiger charge is 2.09. The summed E-state index contributed by atoms with van der Waals surface area (Å²) in [6.45, 7) is 5.29. The van der Waals surface area contributed by atoms with Crippen LogP contribution in [0.25, 0.3) is 0 Å². The number of nitrogens with one attached hydrogen (secondary N) is 1. The van der Waals surface area contributed by atoms with Crippen molar-refractivity contribution in [1.82, 2.24) is 10.2 Å². The molecule has 23 heavy (non-hydrogen) atoms. The second kappa shape index (κ2) is 12.9. The largest absolute Gasteiger partial charge is 0.370 e. The second-order valence-electron chi connectivity index (χ2n) is 5.47. The lowest BCUT2D eigenvalue weighted by atomic mass is 10.1. The van der Waals surface area contributed by atoms with Gasteiger partial charge in [-0.05, 0) is 63.0 Å². The fourth-order valence-electron chi connectivity index (χ4n) is 2.54. The molecule has 0 aliphatic carbocycles. The van der Waals surface area contributed by atoms with Crippen molar-refractivity contribution in [2.45, 2.75) is 25.7 Å². The van der Waals surface area contributed by atoms with Gasteiger partial charge in [0.25, 0.3) is 0 Å². The normalized spacial score (nSPS) is 14.9. The minimum absolute atomic E-state index is 0. The van der Waals surface area contributed by atoms with E-state index in [9.17, 15) is 0 Å². The first kappa shape index (κ1) is 22.5. The van der Waals surface area contributed by atoms with Gasteiger partial charge in [0.2, 0.25) is 0 Å². The van der Waals surface area contributed by atoms with E-state index < -0.39 is 0 Å². The summed E-state index contributed by atoms with van der Waals surface area (Å²) in [7, 11) is 0. The zero-order valence-corrected chi connectivity index (χ0v) is 16.6. The standard InChI is InChI=1S/C16H25BrN4.2ClH/c17-15-6-4-14(5-7-15)8-10-20-16(18)19-9-3-13-21-11-1-2-12-21;;/h4-7H,1-3,8-13H2,(H3,18,19,20);2*1H. The highest BCUT2D eigenvalue weighted by Crippen LogP contribution is 2.10. The Morgan fingerprint density at radius 3 is 2.48 bits per heavy atom. The molecule has 0 atom stereocenters. The molecule has 7 heteroatoms. The Kier molecular flexibility index (Phi) is 12.6. The van der Waals surface area contributed by atoms with Gasteiger partial charge in [-0.3, -0.25) is 4.99 Å². The van der Waals surface area contributed by atoms with Gasteiger partial charge in [-0.15, -0.1) is 24.8 Å². The summed E-state index contributed by atoms with van der Waals surface area (Å²) in [5.41, 5.74) is 7.17. The average Bonchev–Trinajstić information content (AvgIpc) is 2.99. The van der Waals surface area contributed by atoms with Gasteiger partial charge in [-0.1, -0.05) is 28.1 Å². The maximum atomic E-state index is 5.87. The minimum atomic E-state index is 0. The molecule has 2 rings (SSSR count). The number of hydrogen-bond donors (Lipinski definition) is 2. The molecule has 1 aliphatic heterocycles. The van der Waals surface area contributed by atoms with Crippen molar-refractivity contribution in [1.29, 1.82) is 0 Å². The van der Waals surface area contributed by atoms with Crippen LogP contribution in [-0.4, -0.2) is 43.6 Å². The van der Waals surface area contributed by atoms with Crippen molar-refractivity contribution in [3.63, 3.8) is 0 Å². The predicted octanol–water partition coefficient (Wildman–Crippen LogP) is 3.23. The zero-order chi connectivity index (χ0) is 14.9. The molecule has 0 aromatic heterocycles. The maximum absolute atomic E-state index is 5.87. The van der Waals surface area contributed by atoms with Crippen molar-refractivity contribution < 1.29 is 0 Å². The summed E-state index contributed by atoms with van der Waals surface area (Å²) in [5, 5.41) is 3.18. The lowest BCUT2D eigenvalue weighted by Crippen LogP contribution is -2.33. The molecule has 4 nitrogen and oxygen atoms in total. The molecule has 1 saturated heterocycles. The molecule has 0 saturated carbocycles. The van der Waals surface area contributed by atoms with E-state index in [2.05, 4.69) is 55.4 Å². The topological polar surface area (TPSA) is 53.6 Å². The average molecular weight is 426 g/mol. The van der Waals surface area contributed by atoms with Crippen molar-refractivity contribution in [3.8, 4) is 0 Å². The van der Waals surface area contributed by atoms with Crippen molar-refractivity contribution in [2.75, 3.05) is 32.7 Å². The molecule has 0 amide bonds. The molecule has 1 aromatic carbocycles. The monoisotopic (exact) mass is 424 g/mol. The summed E-state index contributed by atoms with van der Waals surface area (Å²) in [6, 6.07) is 8.36. The van der Waals surface area contributed by atoms with Crippen LogP contribution in [-0.2, 0) is 6.42 Å². The van der Waals surface area contributed by atoms with Gasteiger partial charge in [-0.2, -0.15) is 0 Å². The number of benzene rings is 1. The van der Waals surface area contributed by atoms with Crippen LogP contribution in [0.2, 0.25) is 0 Å². The van der Waals surface area contributed by atoms with Crippen LogP contribution in [0.5, 0.6) is 0 Å². The van der Waals surface area contributed by atoms with E-state index in [-0.39, 0.29) is 24.8 Å². The van der Waals surface area contributed by atoms with E-state index in [0.29, 0.717) is 5.96 Å². The van der Waals surface area contributed by atoms with Crippen LogP contribution in [0.3, 0.4) is 0 Å². The van der Waals surface area contributed by atoms with Crippen molar-refractivity contribution in [3.05, 3.63) is 34.3 Å². The number of rotatable bonds is 7. The predicted molar refractivity (Wildman–Crippen MR) is 107 cm³/mol. The third-order valence-corrected chi connectivity index (χ3v) is 4.28. The highest BCUT2D eigenvalue weighted by atomic mass is 79.9. The molecule has 3 N–H and O–H groups in total. The minimum Gasteiger partial charge on any atom is -0.370 e. The molecule has 0 spiro atoms. The fourth-order valence-corrected chi connectivity index (χ4v) is 2.81. The fraction of sp³-hybridized carbons (Fsp3) is 0.562. The molecule has 1 fully saturated rings. The first-order valence-electron chi connectivity index (χ1n) is 7.74. The number of likely N-dealkylation sites (tertiary alicyclic amines) is 1. The number of hydrogen-bond acceptors (Lipinski definition) is 2. The van der Waals surface area contributed by atoms with Crippen LogP contribution in [0, 0.1) is 0 Å². The molecule has 1 heterocycles. The van der Waals surface area contributed by atoms with Gasteiger partial charge in [0.15, 0.2) is 5.96 Å². The number of guanidine groups is 1. The van der Waals surface area contributed by atoms with E-state index in [4.69, 9.17) is 5.73 Å². The van der Waals surface area contributed by atoms with E-state index in [1.165, 1.54) is 31.5 Å². The number of nitrogens with two attached hydrogens (primary N) is 1. The molecule has 1 aromatic rings. The molecular weight excluding hydrogens is 399 g/mol. The van der Waals surface area contributed by atoms with Crippen LogP contribution >= 0.6 is 40.7 Å². The Morgan fingerprint density at radius 2 is 1.83 bits per heavy atom. The van der Waals surface area contributed by atoms with Gasteiger partial charge in [-0.25, -0.2) is 0 Å². The SMILES string of the molecule is Cl.Cl.NC(=NCCCN1CCCC1)NCCc1ccc(Br)cc1. The second-order valence-corrected chi connectivity index (χ2v) is 6.39. The smallest absolute Gasteiger partial charge is 0.188 e. The third kappa shape index (κ3) is 9.40. The third-order valence-electron chi connectivity index (χ3n) is 3.75. The van der Waals surface area contributed by atoms with Gasteiger partial charge >= 0.3 is 0 Å². The molecule has 0 unspecified atom stereocenters. The molecule has 132 valence electrons. The lowest BCUT2D eigenvalue weighted by Gasteiger charge is -2.13. The van der Waals surface area contributed by atoms with E-state index in [0.717, 1.165) is 36.9 Å². The Labute approximate surface area is 160 Å². The lowest BCUT2D eigenvalue weighted by molar-refractivity contribution is 0.336. The number of nitrogens with zero attached hydrogens (tertiary/aromatic N) is 2. The zero-order valence-electron chi connectivity index (χ0n) is 13.3. The van der Waals surface area contributed by atoms with Crippen molar-refractivity contribution >= 4 is 46.7 Å². The Bertz CT molecular complexity index is 448. The Balaban J connectivity index is 0.00000242. The quantitative estimate of drug-likeness (QED) is 0.400. The van der Waals surface area contributed by atoms with Crippen LogP contribution in [0.15, 0.2) is 33.7 Å². The number of halogens is 3. The van der Waals surface area contributed by atoms with Gasteiger partial charge in [0.05, 0.1) is 0 Å². The van der Waals surface area contributed by atoms with E-state index in [1.807, 2.05) is 0 Å². The molecule has 1 aliphatic rings. The number of aliphatic imine (C=N–C) groups is 1. The van der Waals surface area contributed by atoms with Gasteiger partial charge < -0.3 is 16.0 Å². The van der Waals surface area contributed by atoms with Gasteiger partial charge in [0.1, 0.15) is 0 Å². The Morgan fingerprint density at radius 1 is 1.17 bits per heavy atom. The van der Waals surface area contributed by atoms with Crippen molar-refractivity contribution in [2.24, 2.45) is 10.7 Å². The molecular formula is C16H27BrCl2N4. The first-order chi connectivity index (χ1) is 10.2. The van der Waals surface area contributed by atoms with Crippen LogP contribution in [0.4, 0.5) is 0 Å². The summed E-state index contributed by atoms with van der Waals surface area (Å²) in [4.78, 5) is 6.89. The summed E-state index contributed by atoms with van der Waals surface area (Å²) in [6.07, 6.45) is 4.75. The van der Waals surface area contributed by atoms with Gasteiger partial charge in [0, 0.05) is 17.6 Å². The van der Waals surface area contributed by atoms with E-state index >= 15 is 0 Å².